The van der Waals surface area contributed by atoms with E-state index in [-0.39, 0.29) is 5.82 Å². The van der Waals surface area contributed by atoms with Crippen LogP contribution in [0.3, 0.4) is 0 Å². The molecule has 96 valence electrons. The average Bonchev–Trinajstić information content (AvgIpc) is 2.53. The van der Waals surface area contributed by atoms with Crippen molar-refractivity contribution in [1.82, 2.24) is 14.8 Å². The summed E-state index contributed by atoms with van der Waals surface area (Å²) in [5, 5.41) is 7.52. The summed E-state index contributed by atoms with van der Waals surface area (Å²) in [4.78, 5) is 4.00. The number of aryl methyl sites for hydroxylation is 2. The van der Waals surface area contributed by atoms with Crippen LogP contribution in [-0.2, 0) is 13.6 Å². The number of hydrogen-bond acceptors (Lipinski definition) is 3. The van der Waals surface area contributed by atoms with E-state index >= 15 is 0 Å². The van der Waals surface area contributed by atoms with Crippen LogP contribution in [0.5, 0.6) is 0 Å². The number of hydrogen-bond donors (Lipinski definition) is 1. The van der Waals surface area contributed by atoms with Crippen LogP contribution in [0.25, 0.3) is 0 Å². The van der Waals surface area contributed by atoms with Crippen LogP contribution in [0.4, 0.5) is 10.2 Å². The molecule has 0 saturated heterocycles. The number of pyridine rings is 1. The Hall–Kier alpha value is -1.43. The van der Waals surface area contributed by atoms with Crippen molar-refractivity contribution in [3.63, 3.8) is 0 Å². The van der Waals surface area contributed by atoms with Crippen LogP contribution in [0, 0.1) is 19.7 Å². The first-order valence-electron chi connectivity index (χ1n) is 5.53. The van der Waals surface area contributed by atoms with Crippen LogP contribution in [0.2, 0.25) is 0 Å². The number of nitrogens with one attached hydrogen (secondary N) is 1. The summed E-state index contributed by atoms with van der Waals surface area (Å²) in [6.07, 6.45) is 1.19. The second-order valence-corrected chi connectivity index (χ2v) is 4.96. The van der Waals surface area contributed by atoms with Gasteiger partial charge in [0.15, 0.2) is 0 Å². The Bertz CT molecular complexity index is 580. The van der Waals surface area contributed by atoms with Gasteiger partial charge in [0, 0.05) is 24.8 Å². The maximum atomic E-state index is 12.9. The Morgan fingerprint density at radius 2 is 2.17 bits per heavy atom. The van der Waals surface area contributed by atoms with Gasteiger partial charge >= 0.3 is 0 Å². The highest BCUT2D eigenvalue weighted by molar-refractivity contribution is 9.10. The molecule has 0 radical (unpaired) electrons. The fourth-order valence-electron chi connectivity index (χ4n) is 1.79. The molecule has 0 saturated carbocycles. The highest BCUT2D eigenvalue weighted by atomic mass is 79.9. The van der Waals surface area contributed by atoms with Crippen molar-refractivity contribution in [2.45, 2.75) is 20.4 Å². The van der Waals surface area contributed by atoms with Gasteiger partial charge in [0.05, 0.1) is 16.4 Å². The standard InChI is InChI=1S/C12H14BrFN4/c1-7-10(8(2)18(3)17-7)6-16-12-11(13)4-9(14)5-15-12/h4-5H,6H2,1-3H3,(H,15,16). The van der Waals surface area contributed by atoms with E-state index in [4.69, 9.17) is 0 Å². The molecule has 6 heteroatoms. The van der Waals surface area contributed by atoms with Crippen LogP contribution in [0.1, 0.15) is 17.0 Å². The van der Waals surface area contributed by atoms with E-state index in [1.54, 1.807) is 0 Å². The third-order valence-electron chi connectivity index (χ3n) is 2.90. The molecule has 2 rings (SSSR count). The second kappa shape index (κ2) is 5.06. The van der Waals surface area contributed by atoms with Crippen molar-refractivity contribution in [3.05, 3.63) is 39.5 Å². The first-order valence-corrected chi connectivity index (χ1v) is 6.32. The largest absolute Gasteiger partial charge is 0.365 e. The fraction of sp³-hybridized carbons (Fsp3) is 0.333. The highest BCUT2D eigenvalue weighted by Crippen LogP contribution is 2.21. The third kappa shape index (κ3) is 2.53. The molecule has 0 aliphatic heterocycles. The van der Waals surface area contributed by atoms with Crippen LogP contribution in [-0.4, -0.2) is 14.8 Å². The van der Waals surface area contributed by atoms with Crippen LogP contribution >= 0.6 is 15.9 Å². The lowest BCUT2D eigenvalue weighted by atomic mass is 10.2. The second-order valence-electron chi connectivity index (χ2n) is 4.11. The van der Waals surface area contributed by atoms with Crippen molar-refractivity contribution in [2.75, 3.05) is 5.32 Å². The van der Waals surface area contributed by atoms with Gasteiger partial charge in [-0.2, -0.15) is 5.10 Å². The van der Waals surface area contributed by atoms with E-state index in [0.29, 0.717) is 16.8 Å². The Morgan fingerprint density at radius 3 is 2.72 bits per heavy atom. The molecular weight excluding hydrogens is 299 g/mol. The third-order valence-corrected chi connectivity index (χ3v) is 3.50. The summed E-state index contributed by atoms with van der Waals surface area (Å²) >= 11 is 3.28. The predicted octanol–water partition coefficient (Wildman–Crippen LogP) is 2.95. The van der Waals surface area contributed by atoms with E-state index in [9.17, 15) is 4.39 Å². The Balaban J connectivity index is 2.16. The lowest BCUT2D eigenvalue weighted by Crippen LogP contribution is -2.04. The molecule has 18 heavy (non-hydrogen) atoms. The van der Waals surface area contributed by atoms with Gasteiger partial charge in [-0.15, -0.1) is 0 Å². The minimum atomic E-state index is -0.360. The summed E-state index contributed by atoms with van der Waals surface area (Å²) in [6.45, 7) is 4.60. The average molecular weight is 313 g/mol. The number of nitrogens with zero attached hydrogens (tertiary/aromatic N) is 3. The number of halogens is 2. The zero-order chi connectivity index (χ0) is 13.3. The molecule has 0 aromatic carbocycles. The predicted molar refractivity (Wildman–Crippen MR) is 71.9 cm³/mol. The van der Waals surface area contributed by atoms with E-state index in [1.165, 1.54) is 12.3 Å². The maximum absolute atomic E-state index is 12.9. The van der Waals surface area contributed by atoms with Gasteiger partial charge in [-0.1, -0.05) is 0 Å². The molecule has 4 nitrogen and oxygen atoms in total. The quantitative estimate of drug-likeness (QED) is 0.947. The minimum Gasteiger partial charge on any atom is -0.365 e. The monoisotopic (exact) mass is 312 g/mol. The smallest absolute Gasteiger partial charge is 0.142 e. The van der Waals surface area contributed by atoms with E-state index in [2.05, 4.69) is 31.3 Å². The van der Waals surface area contributed by atoms with Gasteiger partial charge in [0.1, 0.15) is 11.6 Å². The van der Waals surface area contributed by atoms with Crippen LogP contribution in [0.15, 0.2) is 16.7 Å². The van der Waals surface area contributed by atoms with Crippen molar-refractivity contribution >= 4 is 21.7 Å². The number of aromatic nitrogens is 3. The Labute approximate surface area is 113 Å². The lowest BCUT2D eigenvalue weighted by molar-refractivity contribution is 0.620. The molecule has 0 aliphatic carbocycles. The van der Waals surface area contributed by atoms with Gasteiger partial charge < -0.3 is 5.32 Å². The van der Waals surface area contributed by atoms with Crippen molar-refractivity contribution < 1.29 is 4.39 Å². The summed E-state index contributed by atoms with van der Waals surface area (Å²) in [5.41, 5.74) is 3.23. The molecule has 2 heterocycles. The zero-order valence-electron chi connectivity index (χ0n) is 10.5. The first kappa shape index (κ1) is 13.0. The van der Waals surface area contributed by atoms with Gasteiger partial charge in [-0.3, -0.25) is 4.68 Å². The number of anilines is 1. The molecule has 0 bridgehead atoms. The molecule has 0 fully saturated rings. The van der Waals surface area contributed by atoms with E-state index in [0.717, 1.165) is 17.0 Å². The molecule has 0 amide bonds. The van der Waals surface area contributed by atoms with Crippen molar-refractivity contribution in [3.8, 4) is 0 Å². The summed E-state index contributed by atoms with van der Waals surface area (Å²) < 4.78 is 15.4. The van der Waals surface area contributed by atoms with Crippen LogP contribution < -0.4 is 5.32 Å². The normalized spacial score (nSPS) is 10.7. The molecular formula is C12H14BrFN4. The molecule has 0 spiro atoms. The summed E-state index contributed by atoms with van der Waals surface area (Å²) in [7, 11) is 1.91. The Morgan fingerprint density at radius 1 is 1.44 bits per heavy atom. The molecule has 1 N–H and O–H groups in total. The van der Waals surface area contributed by atoms with Gasteiger partial charge in [-0.05, 0) is 35.8 Å². The molecule has 2 aromatic heterocycles. The highest BCUT2D eigenvalue weighted by Gasteiger charge is 2.10. The van der Waals surface area contributed by atoms with Gasteiger partial charge in [0.25, 0.3) is 0 Å². The van der Waals surface area contributed by atoms with Gasteiger partial charge in [0.2, 0.25) is 0 Å². The lowest BCUT2D eigenvalue weighted by Gasteiger charge is -2.08. The number of rotatable bonds is 3. The van der Waals surface area contributed by atoms with Crippen molar-refractivity contribution in [2.24, 2.45) is 7.05 Å². The maximum Gasteiger partial charge on any atom is 0.142 e. The topological polar surface area (TPSA) is 42.7 Å². The SMILES string of the molecule is Cc1nn(C)c(C)c1CNc1ncc(F)cc1Br. The Kier molecular flexibility index (Phi) is 3.65. The molecule has 2 aromatic rings. The summed E-state index contributed by atoms with van der Waals surface area (Å²) in [6, 6.07) is 1.39. The van der Waals surface area contributed by atoms with E-state index in [1.807, 2.05) is 25.6 Å². The fourth-order valence-corrected chi connectivity index (χ4v) is 2.25. The minimum absolute atomic E-state index is 0.360. The molecule has 0 unspecified atom stereocenters. The first-order chi connectivity index (χ1) is 8.49. The molecule has 0 atom stereocenters. The summed E-state index contributed by atoms with van der Waals surface area (Å²) in [5.74, 6) is 0.264. The molecule has 0 aliphatic rings. The van der Waals surface area contributed by atoms with Crippen molar-refractivity contribution in [1.29, 1.82) is 0 Å². The zero-order valence-corrected chi connectivity index (χ0v) is 12.0. The van der Waals surface area contributed by atoms with E-state index < -0.39 is 0 Å². The van der Waals surface area contributed by atoms with Gasteiger partial charge in [-0.25, -0.2) is 9.37 Å².